The normalized spacial score (nSPS) is 20.7. The monoisotopic (exact) mass is 248 g/mol. The van der Waals surface area contributed by atoms with E-state index in [-0.39, 0.29) is 0 Å². The van der Waals surface area contributed by atoms with Gasteiger partial charge in [-0.1, -0.05) is 19.3 Å². The van der Waals surface area contributed by atoms with Crippen molar-refractivity contribution in [3.05, 3.63) is 22.5 Å². The molecule has 2 heterocycles. The van der Waals surface area contributed by atoms with Gasteiger partial charge in [-0.25, -0.2) is 4.79 Å². The fraction of sp³-hybridized carbons (Fsp3) is 0.643. The molecule has 1 saturated carbocycles. The molecule has 4 heteroatoms. The Labute approximate surface area is 107 Å². The summed E-state index contributed by atoms with van der Waals surface area (Å²) in [4.78, 5) is 15.0. The van der Waals surface area contributed by atoms with E-state index in [2.05, 4.69) is 10.3 Å². The lowest BCUT2D eigenvalue weighted by Gasteiger charge is -2.21. The van der Waals surface area contributed by atoms with Crippen molar-refractivity contribution < 1.29 is 9.90 Å². The van der Waals surface area contributed by atoms with E-state index in [1.807, 2.05) is 0 Å². The molecule has 0 bridgehead atoms. The number of hydrogen-bond acceptors (Lipinski definition) is 2. The van der Waals surface area contributed by atoms with Crippen molar-refractivity contribution in [1.29, 1.82) is 0 Å². The van der Waals surface area contributed by atoms with Crippen LogP contribution in [0.3, 0.4) is 0 Å². The van der Waals surface area contributed by atoms with E-state index in [9.17, 15) is 9.90 Å². The molecule has 3 rings (SSSR count). The van der Waals surface area contributed by atoms with Gasteiger partial charge in [0, 0.05) is 17.9 Å². The molecule has 4 nitrogen and oxygen atoms in total. The van der Waals surface area contributed by atoms with Gasteiger partial charge < -0.3 is 15.4 Å². The highest BCUT2D eigenvalue weighted by Gasteiger charge is 2.29. The molecule has 2 aliphatic rings. The summed E-state index contributed by atoms with van der Waals surface area (Å²) in [6.45, 7) is 1.66. The molecule has 18 heavy (non-hydrogen) atoms. The molecule has 0 radical (unpaired) electrons. The van der Waals surface area contributed by atoms with Crippen LogP contribution in [-0.2, 0) is 13.0 Å². The maximum Gasteiger partial charge on any atom is 0.337 e. The van der Waals surface area contributed by atoms with Gasteiger partial charge in [0.25, 0.3) is 0 Å². The number of rotatable bonds is 2. The van der Waals surface area contributed by atoms with Crippen LogP contribution in [0.1, 0.15) is 65.3 Å². The van der Waals surface area contributed by atoms with Crippen molar-refractivity contribution in [1.82, 2.24) is 10.3 Å². The fourth-order valence-electron chi connectivity index (χ4n) is 3.41. The Kier molecular flexibility index (Phi) is 3.12. The molecule has 0 amide bonds. The maximum atomic E-state index is 11.6. The number of fused-ring (bicyclic) bond motifs is 1. The fourth-order valence-corrected chi connectivity index (χ4v) is 3.41. The first-order chi connectivity index (χ1) is 8.77. The first kappa shape index (κ1) is 11.8. The molecule has 0 spiro atoms. The number of carboxylic acid groups (broad SMARTS) is 1. The molecular weight excluding hydrogens is 228 g/mol. The molecule has 0 unspecified atom stereocenters. The standard InChI is InChI=1S/C14H20N2O2/c17-14(18)12-10-6-7-15-8-11(10)16-13(12)9-4-2-1-3-5-9/h9,15-16H,1-8H2,(H,17,18). The quantitative estimate of drug-likeness (QED) is 0.753. The molecule has 0 atom stereocenters. The van der Waals surface area contributed by atoms with Crippen molar-refractivity contribution >= 4 is 5.97 Å². The van der Waals surface area contributed by atoms with Crippen LogP contribution < -0.4 is 5.32 Å². The van der Waals surface area contributed by atoms with E-state index in [0.29, 0.717) is 11.5 Å². The summed E-state index contributed by atoms with van der Waals surface area (Å²) in [7, 11) is 0. The van der Waals surface area contributed by atoms with Crippen LogP contribution >= 0.6 is 0 Å². The van der Waals surface area contributed by atoms with Crippen molar-refractivity contribution in [2.45, 2.75) is 51.0 Å². The van der Waals surface area contributed by atoms with E-state index in [4.69, 9.17) is 0 Å². The summed E-state index contributed by atoms with van der Waals surface area (Å²) < 4.78 is 0. The Morgan fingerprint density at radius 3 is 2.72 bits per heavy atom. The largest absolute Gasteiger partial charge is 0.478 e. The highest BCUT2D eigenvalue weighted by Crippen LogP contribution is 2.36. The van der Waals surface area contributed by atoms with Gasteiger partial charge in [-0.3, -0.25) is 0 Å². The summed E-state index contributed by atoms with van der Waals surface area (Å²) in [6.07, 6.45) is 6.85. The van der Waals surface area contributed by atoms with Gasteiger partial charge in [0.1, 0.15) is 0 Å². The topological polar surface area (TPSA) is 65.1 Å². The zero-order chi connectivity index (χ0) is 12.5. The average molecular weight is 248 g/mol. The third-order valence-electron chi connectivity index (χ3n) is 4.30. The Balaban J connectivity index is 2.01. The predicted molar refractivity (Wildman–Crippen MR) is 69.0 cm³/mol. The summed E-state index contributed by atoms with van der Waals surface area (Å²) >= 11 is 0. The first-order valence-electron chi connectivity index (χ1n) is 6.95. The number of H-pyrrole nitrogens is 1. The van der Waals surface area contributed by atoms with Crippen LogP contribution in [-0.4, -0.2) is 22.6 Å². The van der Waals surface area contributed by atoms with Crippen LogP contribution in [0.5, 0.6) is 0 Å². The molecular formula is C14H20N2O2. The van der Waals surface area contributed by atoms with Crippen LogP contribution in [0.25, 0.3) is 0 Å². The molecule has 98 valence electrons. The van der Waals surface area contributed by atoms with E-state index in [1.165, 1.54) is 19.3 Å². The summed E-state index contributed by atoms with van der Waals surface area (Å²) in [5.41, 5.74) is 3.72. The molecule has 1 aromatic rings. The third kappa shape index (κ3) is 1.94. The number of carbonyl (C=O) groups is 1. The third-order valence-corrected chi connectivity index (χ3v) is 4.30. The lowest BCUT2D eigenvalue weighted by Crippen LogP contribution is -2.24. The van der Waals surface area contributed by atoms with Gasteiger partial charge in [0.15, 0.2) is 0 Å². The van der Waals surface area contributed by atoms with Crippen LogP contribution in [0.2, 0.25) is 0 Å². The van der Waals surface area contributed by atoms with Crippen molar-refractivity contribution in [2.75, 3.05) is 6.54 Å². The number of hydrogen-bond donors (Lipinski definition) is 3. The molecule has 0 saturated heterocycles. The minimum atomic E-state index is -0.755. The highest BCUT2D eigenvalue weighted by molar-refractivity contribution is 5.91. The Hall–Kier alpha value is -1.29. The molecule has 1 aromatic heterocycles. The smallest absolute Gasteiger partial charge is 0.337 e. The van der Waals surface area contributed by atoms with E-state index in [0.717, 1.165) is 49.3 Å². The van der Waals surface area contributed by atoms with Crippen LogP contribution in [0, 0.1) is 0 Å². The Bertz CT molecular complexity index is 459. The van der Waals surface area contributed by atoms with E-state index in [1.54, 1.807) is 0 Å². The summed E-state index contributed by atoms with van der Waals surface area (Å²) in [5, 5.41) is 12.8. The van der Waals surface area contributed by atoms with Gasteiger partial charge in [-0.15, -0.1) is 0 Å². The second-order valence-corrected chi connectivity index (χ2v) is 5.44. The number of nitrogens with one attached hydrogen (secondary N) is 2. The Morgan fingerprint density at radius 1 is 1.22 bits per heavy atom. The van der Waals surface area contributed by atoms with Crippen LogP contribution in [0.15, 0.2) is 0 Å². The predicted octanol–water partition coefficient (Wildman–Crippen LogP) is 2.41. The van der Waals surface area contributed by atoms with Gasteiger partial charge in [0.05, 0.1) is 5.56 Å². The molecule has 1 aliphatic heterocycles. The summed E-state index contributed by atoms with van der Waals surface area (Å²) in [5.74, 6) is -0.328. The Morgan fingerprint density at radius 2 is 2.00 bits per heavy atom. The van der Waals surface area contributed by atoms with Gasteiger partial charge in [-0.05, 0) is 37.3 Å². The lowest BCUT2D eigenvalue weighted by molar-refractivity contribution is 0.0693. The number of aromatic carboxylic acids is 1. The second-order valence-electron chi connectivity index (χ2n) is 5.44. The highest BCUT2D eigenvalue weighted by atomic mass is 16.4. The number of carboxylic acids is 1. The van der Waals surface area contributed by atoms with E-state index < -0.39 is 5.97 Å². The molecule has 3 N–H and O–H groups in total. The number of aromatic nitrogens is 1. The number of aromatic amines is 1. The van der Waals surface area contributed by atoms with Crippen LogP contribution in [0.4, 0.5) is 0 Å². The second kappa shape index (κ2) is 4.76. The van der Waals surface area contributed by atoms with Gasteiger partial charge in [-0.2, -0.15) is 0 Å². The van der Waals surface area contributed by atoms with E-state index >= 15 is 0 Å². The molecule has 1 aliphatic carbocycles. The molecule has 1 fully saturated rings. The zero-order valence-corrected chi connectivity index (χ0v) is 10.6. The van der Waals surface area contributed by atoms with Crippen molar-refractivity contribution in [2.24, 2.45) is 0 Å². The zero-order valence-electron chi connectivity index (χ0n) is 10.6. The van der Waals surface area contributed by atoms with Crippen molar-refractivity contribution in [3.63, 3.8) is 0 Å². The minimum absolute atomic E-state index is 0.426. The maximum absolute atomic E-state index is 11.6. The molecule has 0 aromatic carbocycles. The van der Waals surface area contributed by atoms with Gasteiger partial charge in [0.2, 0.25) is 0 Å². The first-order valence-corrected chi connectivity index (χ1v) is 6.95. The summed E-state index contributed by atoms with van der Waals surface area (Å²) in [6, 6.07) is 0. The average Bonchev–Trinajstić information content (AvgIpc) is 2.79. The lowest BCUT2D eigenvalue weighted by atomic mass is 9.85. The SMILES string of the molecule is O=C(O)c1c(C2CCCCC2)[nH]c2c1CCNC2. The van der Waals surface area contributed by atoms with Gasteiger partial charge >= 0.3 is 5.97 Å². The van der Waals surface area contributed by atoms with Crippen molar-refractivity contribution in [3.8, 4) is 0 Å². The minimum Gasteiger partial charge on any atom is -0.478 e.